The molecule has 0 atom stereocenters. The molecule has 1 rings (SSSR count). The number of methoxy groups -OCH3 is 1. The van der Waals surface area contributed by atoms with E-state index in [1.54, 1.807) is 7.11 Å². The van der Waals surface area contributed by atoms with E-state index < -0.39 is 10.0 Å². The van der Waals surface area contributed by atoms with Gasteiger partial charge in [0.2, 0.25) is 10.0 Å². The third-order valence-electron chi connectivity index (χ3n) is 2.60. The van der Waals surface area contributed by atoms with Gasteiger partial charge in [-0.3, -0.25) is 0 Å². The Morgan fingerprint density at radius 1 is 1.50 bits per heavy atom. The largest absolute Gasteiger partial charge is 0.385 e. The minimum atomic E-state index is -3.11. The van der Waals surface area contributed by atoms with Crippen molar-refractivity contribution in [3.05, 3.63) is 0 Å². The quantitative estimate of drug-likeness (QED) is 0.712. The zero-order valence-electron chi connectivity index (χ0n) is 8.25. The lowest BCUT2D eigenvalue weighted by molar-refractivity contribution is 0.173. The molecule has 1 aliphatic carbocycles. The summed E-state index contributed by atoms with van der Waals surface area (Å²) >= 11 is 2.94. The Kier molecular flexibility index (Phi) is 4.36. The van der Waals surface area contributed by atoms with E-state index in [9.17, 15) is 8.42 Å². The molecule has 1 N–H and O–H groups in total. The maximum atomic E-state index is 11.2. The van der Waals surface area contributed by atoms with E-state index in [1.807, 2.05) is 0 Å². The molecule has 0 aromatic heterocycles. The van der Waals surface area contributed by atoms with Crippen LogP contribution in [0.2, 0.25) is 0 Å². The van der Waals surface area contributed by atoms with E-state index in [2.05, 4.69) is 20.7 Å². The predicted molar refractivity (Wildman–Crippen MR) is 58.9 cm³/mol. The van der Waals surface area contributed by atoms with Gasteiger partial charge in [-0.25, -0.2) is 13.1 Å². The van der Waals surface area contributed by atoms with Crippen LogP contribution in [-0.2, 0) is 14.8 Å². The second-order valence-corrected chi connectivity index (χ2v) is 6.90. The van der Waals surface area contributed by atoms with Crippen molar-refractivity contribution in [3.63, 3.8) is 0 Å². The fourth-order valence-corrected chi connectivity index (χ4v) is 2.40. The predicted octanol–water partition coefficient (Wildman–Crippen LogP) is 1.07. The second-order valence-electron chi connectivity index (χ2n) is 3.79. The number of hydrogen-bond donors (Lipinski definition) is 1. The van der Waals surface area contributed by atoms with Crippen molar-refractivity contribution in [2.45, 2.75) is 19.3 Å². The highest BCUT2D eigenvalue weighted by Gasteiger charge is 2.42. The van der Waals surface area contributed by atoms with Crippen molar-refractivity contribution in [3.8, 4) is 0 Å². The lowest BCUT2D eigenvalue weighted by Crippen LogP contribution is -2.31. The highest BCUT2D eigenvalue weighted by Crippen LogP contribution is 2.48. The molecule has 0 saturated heterocycles. The number of rotatable bonds is 7. The Balaban J connectivity index is 2.30. The molecule has 0 unspecified atom stereocenters. The lowest BCUT2D eigenvalue weighted by Gasteiger charge is -2.14. The van der Waals surface area contributed by atoms with Crippen molar-refractivity contribution < 1.29 is 13.2 Å². The molecule has 1 aliphatic rings. The molecule has 6 heteroatoms. The summed E-state index contributed by atoms with van der Waals surface area (Å²) in [6.45, 7) is 1.25. The smallest absolute Gasteiger partial charge is 0.221 e. The van der Waals surface area contributed by atoms with Crippen LogP contribution in [-0.4, -0.2) is 33.3 Å². The zero-order valence-corrected chi connectivity index (χ0v) is 10.7. The van der Waals surface area contributed by atoms with E-state index in [1.165, 1.54) is 0 Å². The molecule has 0 heterocycles. The third kappa shape index (κ3) is 3.84. The molecule has 0 spiro atoms. The second kappa shape index (κ2) is 4.92. The fraction of sp³-hybridized carbons (Fsp3) is 1.00. The summed E-state index contributed by atoms with van der Waals surface area (Å²) in [5, 5.41) is 0. The van der Waals surface area contributed by atoms with Gasteiger partial charge in [-0.1, -0.05) is 15.9 Å². The molecule has 0 bridgehead atoms. The summed E-state index contributed by atoms with van der Waals surface area (Å²) in [4.78, 5) is 0. The average molecular weight is 286 g/mol. The summed E-state index contributed by atoms with van der Waals surface area (Å²) < 4.78 is 29.9. The number of sulfonamides is 1. The van der Waals surface area contributed by atoms with Gasteiger partial charge in [-0.2, -0.15) is 0 Å². The Morgan fingerprint density at radius 3 is 2.57 bits per heavy atom. The highest BCUT2D eigenvalue weighted by atomic mass is 79.9. The summed E-state index contributed by atoms with van der Waals surface area (Å²) in [6.07, 6.45) is 3.14. The first-order chi connectivity index (χ1) is 6.54. The number of ether oxygens (including phenoxy) is 1. The molecule has 1 fully saturated rings. The van der Waals surface area contributed by atoms with Gasteiger partial charge in [0.1, 0.15) is 4.66 Å². The maximum Gasteiger partial charge on any atom is 0.221 e. The molecule has 0 radical (unpaired) electrons. The van der Waals surface area contributed by atoms with Crippen LogP contribution in [0.25, 0.3) is 0 Å². The molecule has 14 heavy (non-hydrogen) atoms. The highest BCUT2D eigenvalue weighted by molar-refractivity contribution is 9.10. The standard InChI is InChI=1S/C8H16BrNO3S/c1-13-5-4-8(2-3-8)6-10-14(11,12)7-9/h10H,2-7H2,1H3. The molecule has 0 aromatic rings. The Labute approximate surface area is 93.6 Å². The summed E-state index contributed by atoms with van der Waals surface area (Å²) in [7, 11) is -1.45. The Morgan fingerprint density at radius 2 is 2.14 bits per heavy atom. The van der Waals surface area contributed by atoms with Crippen LogP contribution in [0.15, 0.2) is 0 Å². The summed E-state index contributed by atoms with van der Waals surface area (Å²) in [6, 6.07) is 0. The van der Waals surface area contributed by atoms with Gasteiger partial charge in [0, 0.05) is 20.3 Å². The van der Waals surface area contributed by atoms with Crippen LogP contribution in [0.5, 0.6) is 0 Å². The SMILES string of the molecule is COCCC1(CNS(=O)(=O)CBr)CC1. The number of halogens is 1. The van der Waals surface area contributed by atoms with Gasteiger partial charge in [0.15, 0.2) is 0 Å². The molecule has 4 nitrogen and oxygen atoms in total. The van der Waals surface area contributed by atoms with Gasteiger partial charge >= 0.3 is 0 Å². The van der Waals surface area contributed by atoms with Gasteiger partial charge in [-0.15, -0.1) is 0 Å². The van der Waals surface area contributed by atoms with Gasteiger partial charge in [0.05, 0.1) is 0 Å². The van der Waals surface area contributed by atoms with E-state index in [0.29, 0.717) is 13.2 Å². The van der Waals surface area contributed by atoms with Crippen LogP contribution in [0, 0.1) is 5.41 Å². The van der Waals surface area contributed by atoms with Crippen molar-refractivity contribution >= 4 is 26.0 Å². The minimum absolute atomic E-state index is 0.0274. The van der Waals surface area contributed by atoms with E-state index in [-0.39, 0.29) is 10.1 Å². The molecule has 0 aliphatic heterocycles. The third-order valence-corrected chi connectivity index (χ3v) is 5.28. The van der Waals surface area contributed by atoms with Crippen molar-refractivity contribution in [2.75, 3.05) is 24.9 Å². The summed E-state index contributed by atoms with van der Waals surface area (Å²) in [5.74, 6) is 0. The van der Waals surface area contributed by atoms with Crippen LogP contribution >= 0.6 is 15.9 Å². The van der Waals surface area contributed by atoms with E-state index in [0.717, 1.165) is 19.3 Å². The fourth-order valence-electron chi connectivity index (χ4n) is 1.31. The minimum Gasteiger partial charge on any atom is -0.385 e. The first-order valence-corrected chi connectivity index (χ1v) is 7.33. The molecule has 84 valence electrons. The topological polar surface area (TPSA) is 55.4 Å². The number of alkyl halides is 1. The van der Waals surface area contributed by atoms with Gasteiger partial charge in [0.25, 0.3) is 0 Å². The van der Waals surface area contributed by atoms with Crippen molar-refractivity contribution in [1.29, 1.82) is 0 Å². The normalized spacial score (nSPS) is 19.6. The Bertz CT molecular complexity index is 274. The molecule has 0 aromatic carbocycles. The maximum absolute atomic E-state index is 11.2. The zero-order chi connectivity index (χ0) is 10.7. The lowest BCUT2D eigenvalue weighted by atomic mass is 10.0. The van der Waals surface area contributed by atoms with Crippen molar-refractivity contribution in [2.24, 2.45) is 5.41 Å². The Hall–Kier alpha value is 0.350. The molecule has 1 saturated carbocycles. The monoisotopic (exact) mass is 285 g/mol. The van der Waals surface area contributed by atoms with Crippen LogP contribution in [0.1, 0.15) is 19.3 Å². The first-order valence-electron chi connectivity index (χ1n) is 4.56. The number of nitrogens with one attached hydrogen (secondary N) is 1. The molecule has 0 amide bonds. The first kappa shape index (κ1) is 12.4. The number of hydrogen-bond acceptors (Lipinski definition) is 3. The van der Waals surface area contributed by atoms with Gasteiger partial charge in [-0.05, 0) is 24.7 Å². The average Bonchev–Trinajstić information content (AvgIpc) is 2.93. The van der Waals surface area contributed by atoms with Crippen LogP contribution < -0.4 is 4.72 Å². The molecular formula is C8H16BrNO3S. The molecular weight excluding hydrogens is 270 g/mol. The van der Waals surface area contributed by atoms with E-state index in [4.69, 9.17) is 4.74 Å². The van der Waals surface area contributed by atoms with E-state index >= 15 is 0 Å². The van der Waals surface area contributed by atoms with Gasteiger partial charge < -0.3 is 4.74 Å². The summed E-state index contributed by atoms with van der Waals surface area (Å²) in [5.41, 5.74) is 0.172. The van der Waals surface area contributed by atoms with Crippen LogP contribution in [0.4, 0.5) is 0 Å². The van der Waals surface area contributed by atoms with Crippen molar-refractivity contribution in [1.82, 2.24) is 4.72 Å². The van der Waals surface area contributed by atoms with Crippen LogP contribution in [0.3, 0.4) is 0 Å².